The van der Waals surface area contributed by atoms with Crippen LogP contribution >= 0.6 is 0 Å². The molecule has 118 valence electrons. The lowest BCUT2D eigenvalue weighted by Gasteiger charge is -2.48. The summed E-state index contributed by atoms with van der Waals surface area (Å²) in [5.74, 6) is 1.46. The molecule has 0 aromatic rings. The van der Waals surface area contributed by atoms with E-state index in [-0.39, 0.29) is 0 Å². The summed E-state index contributed by atoms with van der Waals surface area (Å²) in [4.78, 5) is 2.74. The Bertz CT molecular complexity index is 321. The van der Waals surface area contributed by atoms with Crippen molar-refractivity contribution in [2.45, 2.75) is 72.8 Å². The van der Waals surface area contributed by atoms with Gasteiger partial charge in [0.2, 0.25) is 0 Å². The van der Waals surface area contributed by atoms with Crippen LogP contribution in [0.5, 0.6) is 0 Å². The lowest BCUT2D eigenvalue weighted by Crippen LogP contribution is -2.50. The van der Waals surface area contributed by atoms with E-state index in [0.717, 1.165) is 5.92 Å². The lowest BCUT2D eigenvalue weighted by molar-refractivity contribution is 0.0288. The monoisotopic (exact) mass is 280 g/mol. The van der Waals surface area contributed by atoms with E-state index in [0.29, 0.717) is 22.8 Å². The molecule has 2 aliphatic rings. The van der Waals surface area contributed by atoms with E-state index in [1.807, 2.05) is 0 Å². The van der Waals surface area contributed by atoms with Crippen LogP contribution in [0.2, 0.25) is 0 Å². The quantitative estimate of drug-likeness (QED) is 0.831. The predicted molar refractivity (Wildman–Crippen MR) is 87.7 cm³/mol. The van der Waals surface area contributed by atoms with Gasteiger partial charge in [-0.15, -0.1) is 0 Å². The van der Waals surface area contributed by atoms with Crippen LogP contribution in [0.1, 0.15) is 66.7 Å². The summed E-state index contributed by atoms with van der Waals surface area (Å²) in [6.07, 6.45) is 6.65. The van der Waals surface area contributed by atoms with Crippen LogP contribution in [0.15, 0.2) is 0 Å². The number of hydrogen-bond donors (Lipinski definition) is 1. The second-order valence-corrected chi connectivity index (χ2v) is 8.87. The SMILES string of the molecule is CC1C(N)CCC(CN2CCCC(C)(C)CC2)C1(C)C. The first kappa shape index (κ1) is 16.3. The van der Waals surface area contributed by atoms with Crippen LogP contribution in [-0.2, 0) is 0 Å². The van der Waals surface area contributed by atoms with E-state index >= 15 is 0 Å². The Hall–Kier alpha value is -0.0800. The fourth-order valence-corrected chi connectivity index (χ4v) is 4.24. The first-order chi connectivity index (χ1) is 9.22. The van der Waals surface area contributed by atoms with Crippen molar-refractivity contribution in [1.82, 2.24) is 4.90 Å². The van der Waals surface area contributed by atoms with Crippen molar-refractivity contribution >= 4 is 0 Å². The average Bonchev–Trinajstić information content (AvgIpc) is 2.52. The molecule has 2 fully saturated rings. The number of nitrogens with zero attached hydrogens (tertiary/aromatic N) is 1. The standard InChI is InChI=1S/C18H36N2/c1-14-16(19)8-7-15(18(14,4)5)13-20-11-6-9-17(2,3)10-12-20/h14-16H,6-13,19H2,1-5H3. The molecule has 0 spiro atoms. The van der Waals surface area contributed by atoms with Crippen LogP contribution < -0.4 is 5.73 Å². The second kappa shape index (κ2) is 5.96. The van der Waals surface area contributed by atoms with E-state index in [2.05, 4.69) is 39.5 Å². The summed E-state index contributed by atoms with van der Waals surface area (Å²) >= 11 is 0. The molecule has 2 N–H and O–H groups in total. The normalized spacial score (nSPS) is 38.4. The summed E-state index contributed by atoms with van der Waals surface area (Å²) < 4.78 is 0. The van der Waals surface area contributed by atoms with Gasteiger partial charge in [-0.2, -0.15) is 0 Å². The number of rotatable bonds is 2. The van der Waals surface area contributed by atoms with Gasteiger partial charge in [0.15, 0.2) is 0 Å². The maximum Gasteiger partial charge on any atom is 0.00698 e. The minimum Gasteiger partial charge on any atom is -0.327 e. The Morgan fingerprint density at radius 1 is 1.05 bits per heavy atom. The van der Waals surface area contributed by atoms with Gasteiger partial charge >= 0.3 is 0 Å². The van der Waals surface area contributed by atoms with Crippen molar-refractivity contribution < 1.29 is 0 Å². The van der Waals surface area contributed by atoms with Gasteiger partial charge in [0.05, 0.1) is 0 Å². The van der Waals surface area contributed by atoms with Gasteiger partial charge in [-0.05, 0) is 67.9 Å². The summed E-state index contributed by atoms with van der Waals surface area (Å²) in [5.41, 5.74) is 7.23. The Morgan fingerprint density at radius 2 is 1.75 bits per heavy atom. The molecule has 1 aliphatic carbocycles. The fourth-order valence-electron chi connectivity index (χ4n) is 4.24. The zero-order valence-corrected chi connectivity index (χ0v) is 14.4. The van der Waals surface area contributed by atoms with E-state index in [9.17, 15) is 0 Å². The third kappa shape index (κ3) is 3.57. The number of likely N-dealkylation sites (tertiary alicyclic amines) is 1. The summed E-state index contributed by atoms with van der Waals surface area (Å²) in [6.45, 7) is 16.0. The molecule has 1 saturated heterocycles. The van der Waals surface area contributed by atoms with Crippen molar-refractivity contribution in [3.8, 4) is 0 Å². The molecule has 1 aliphatic heterocycles. The minimum absolute atomic E-state index is 0.388. The maximum atomic E-state index is 6.30. The highest BCUT2D eigenvalue weighted by molar-refractivity contribution is 4.94. The highest BCUT2D eigenvalue weighted by atomic mass is 15.1. The first-order valence-corrected chi connectivity index (χ1v) is 8.70. The minimum atomic E-state index is 0.388. The van der Waals surface area contributed by atoms with Gasteiger partial charge in [-0.25, -0.2) is 0 Å². The van der Waals surface area contributed by atoms with Crippen LogP contribution in [0.3, 0.4) is 0 Å². The molecule has 3 atom stereocenters. The third-order valence-electron chi connectivity index (χ3n) is 6.63. The average molecular weight is 280 g/mol. The summed E-state index contributed by atoms with van der Waals surface area (Å²) in [5, 5.41) is 0. The molecule has 2 nitrogen and oxygen atoms in total. The molecule has 1 heterocycles. The van der Waals surface area contributed by atoms with Crippen molar-refractivity contribution in [1.29, 1.82) is 0 Å². The smallest absolute Gasteiger partial charge is 0.00698 e. The topological polar surface area (TPSA) is 29.3 Å². The molecule has 0 bridgehead atoms. The largest absolute Gasteiger partial charge is 0.327 e. The van der Waals surface area contributed by atoms with E-state index < -0.39 is 0 Å². The van der Waals surface area contributed by atoms with Crippen molar-refractivity contribution in [3.05, 3.63) is 0 Å². The first-order valence-electron chi connectivity index (χ1n) is 8.70. The van der Waals surface area contributed by atoms with Crippen molar-refractivity contribution in [2.24, 2.45) is 28.4 Å². The lowest BCUT2D eigenvalue weighted by atomic mass is 9.61. The maximum absolute atomic E-state index is 6.30. The molecule has 2 rings (SSSR count). The highest BCUT2D eigenvalue weighted by Crippen LogP contribution is 2.45. The van der Waals surface area contributed by atoms with E-state index in [1.54, 1.807) is 0 Å². The fraction of sp³-hybridized carbons (Fsp3) is 1.00. The van der Waals surface area contributed by atoms with Crippen molar-refractivity contribution in [3.63, 3.8) is 0 Å². The Labute approximate surface area is 126 Å². The molecule has 2 heteroatoms. The van der Waals surface area contributed by atoms with Crippen LogP contribution in [-0.4, -0.2) is 30.6 Å². The predicted octanol–water partition coefficient (Wildman–Crippen LogP) is 3.90. The Morgan fingerprint density at radius 3 is 2.45 bits per heavy atom. The summed E-state index contributed by atoms with van der Waals surface area (Å²) in [7, 11) is 0. The van der Waals surface area contributed by atoms with Gasteiger partial charge in [0.25, 0.3) is 0 Å². The van der Waals surface area contributed by atoms with E-state index in [1.165, 1.54) is 51.7 Å². The molecular formula is C18H36N2. The molecule has 0 radical (unpaired) electrons. The number of hydrogen-bond acceptors (Lipinski definition) is 2. The molecule has 1 saturated carbocycles. The van der Waals surface area contributed by atoms with Crippen molar-refractivity contribution in [2.75, 3.05) is 19.6 Å². The van der Waals surface area contributed by atoms with Gasteiger partial charge in [-0.1, -0.05) is 34.6 Å². The van der Waals surface area contributed by atoms with Gasteiger partial charge < -0.3 is 10.6 Å². The second-order valence-electron chi connectivity index (χ2n) is 8.87. The van der Waals surface area contributed by atoms with Gasteiger partial charge in [0, 0.05) is 12.6 Å². The molecule has 0 amide bonds. The van der Waals surface area contributed by atoms with Gasteiger partial charge in [0.1, 0.15) is 0 Å². The molecule has 0 aromatic heterocycles. The van der Waals surface area contributed by atoms with Gasteiger partial charge in [-0.3, -0.25) is 0 Å². The Balaban J connectivity index is 1.95. The number of nitrogens with two attached hydrogens (primary N) is 1. The van der Waals surface area contributed by atoms with Crippen LogP contribution in [0.4, 0.5) is 0 Å². The Kier molecular flexibility index (Phi) is 4.86. The zero-order chi connectivity index (χ0) is 15.0. The van der Waals surface area contributed by atoms with E-state index in [4.69, 9.17) is 5.73 Å². The molecule has 20 heavy (non-hydrogen) atoms. The molecule has 0 aromatic carbocycles. The highest BCUT2D eigenvalue weighted by Gasteiger charge is 2.42. The summed E-state index contributed by atoms with van der Waals surface area (Å²) in [6, 6.07) is 0.407. The third-order valence-corrected chi connectivity index (χ3v) is 6.63. The molecular weight excluding hydrogens is 244 g/mol. The zero-order valence-electron chi connectivity index (χ0n) is 14.4. The van der Waals surface area contributed by atoms with Crippen LogP contribution in [0, 0.1) is 22.7 Å². The van der Waals surface area contributed by atoms with Crippen LogP contribution in [0.25, 0.3) is 0 Å². The molecule has 3 unspecified atom stereocenters.